The average molecular weight is 530 g/mol. The van der Waals surface area contributed by atoms with Gasteiger partial charge in [0, 0.05) is 13.0 Å². The van der Waals surface area contributed by atoms with Crippen molar-refractivity contribution >= 4 is 56.1 Å². The first-order valence-corrected chi connectivity index (χ1v) is 12.6. The second-order valence-corrected chi connectivity index (χ2v) is 10.4. The topological polar surface area (TPSA) is 98.6 Å². The van der Waals surface area contributed by atoms with Crippen molar-refractivity contribution in [3.63, 3.8) is 0 Å². The quantitative estimate of drug-likeness (QED) is 0.342. The lowest BCUT2D eigenvalue weighted by Crippen LogP contribution is -2.32. The number of amides is 2. The van der Waals surface area contributed by atoms with E-state index >= 15 is 0 Å². The Morgan fingerprint density at radius 2 is 1.51 bits per heavy atom. The number of rotatable bonds is 6. The van der Waals surface area contributed by atoms with Gasteiger partial charge in [-0.15, -0.1) is 0 Å². The molecule has 2 amide bonds. The number of methoxy groups -OCH3 is 1. The number of ether oxygens (including phenoxy) is 1. The molecule has 0 atom stereocenters. The van der Waals surface area contributed by atoms with E-state index in [0.29, 0.717) is 22.4 Å². The molecule has 1 aliphatic rings. The number of halogens is 2. The molecule has 0 aliphatic carbocycles. The molecule has 178 valence electrons. The number of benzene rings is 3. The fraction of sp³-hybridized carbons (Fsp3) is 0.125. The van der Waals surface area contributed by atoms with Crippen molar-refractivity contribution in [3.05, 3.63) is 87.7 Å². The lowest BCUT2D eigenvalue weighted by molar-refractivity contribution is 0.0655. The van der Waals surface area contributed by atoms with Gasteiger partial charge in [-0.25, -0.2) is 17.4 Å². The SMILES string of the molecule is COc1ccc(S(=O)(=O)n2c(CCN3C(=O)c4ccccc4C3=O)nc3cc(Cl)c(Cl)cc32)cc1. The molecule has 0 N–H and O–H groups in total. The number of fused-ring (bicyclic) bond motifs is 2. The van der Waals surface area contributed by atoms with E-state index < -0.39 is 21.8 Å². The summed E-state index contributed by atoms with van der Waals surface area (Å²) in [6, 6.07) is 15.4. The van der Waals surface area contributed by atoms with Gasteiger partial charge in [0.1, 0.15) is 11.6 Å². The lowest BCUT2D eigenvalue weighted by Gasteiger charge is -2.15. The number of carbonyl (C=O) groups excluding carboxylic acids is 2. The van der Waals surface area contributed by atoms with Crippen LogP contribution in [0.15, 0.2) is 65.6 Å². The van der Waals surface area contributed by atoms with Crippen molar-refractivity contribution in [3.8, 4) is 5.75 Å². The molecule has 3 aromatic carbocycles. The van der Waals surface area contributed by atoms with Crippen molar-refractivity contribution in [2.45, 2.75) is 11.3 Å². The summed E-state index contributed by atoms with van der Waals surface area (Å²) in [6.45, 7) is -0.0603. The third kappa shape index (κ3) is 3.85. The van der Waals surface area contributed by atoms with Gasteiger partial charge in [0.05, 0.1) is 44.2 Å². The van der Waals surface area contributed by atoms with E-state index in [-0.39, 0.29) is 39.2 Å². The molecular formula is C24H17Cl2N3O5S. The van der Waals surface area contributed by atoms with E-state index in [9.17, 15) is 18.0 Å². The van der Waals surface area contributed by atoms with Crippen LogP contribution < -0.4 is 4.74 Å². The van der Waals surface area contributed by atoms with Gasteiger partial charge in [0.2, 0.25) is 0 Å². The maximum Gasteiger partial charge on any atom is 0.269 e. The van der Waals surface area contributed by atoms with Crippen molar-refractivity contribution < 1.29 is 22.7 Å². The van der Waals surface area contributed by atoms with Crippen molar-refractivity contribution in [2.75, 3.05) is 13.7 Å². The summed E-state index contributed by atoms with van der Waals surface area (Å²) in [5.41, 5.74) is 1.17. The van der Waals surface area contributed by atoms with Gasteiger partial charge in [-0.2, -0.15) is 0 Å². The average Bonchev–Trinajstić information content (AvgIpc) is 3.32. The highest BCUT2D eigenvalue weighted by Gasteiger charge is 2.35. The van der Waals surface area contributed by atoms with E-state index in [1.54, 1.807) is 24.3 Å². The Kier molecular flexibility index (Phi) is 5.79. The Balaban J connectivity index is 1.57. The summed E-state index contributed by atoms with van der Waals surface area (Å²) in [5.74, 6) is -0.236. The molecule has 0 spiro atoms. The number of carbonyl (C=O) groups is 2. The fourth-order valence-corrected chi connectivity index (χ4v) is 5.86. The predicted octanol–water partition coefficient (Wildman–Crippen LogP) is 4.43. The molecule has 4 aromatic rings. The Morgan fingerprint density at radius 3 is 2.11 bits per heavy atom. The first-order chi connectivity index (χ1) is 16.7. The van der Waals surface area contributed by atoms with E-state index in [1.165, 1.54) is 43.5 Å². The number of hydrogen-bond donors (Lipinski definition) is 0. The zero-order valence-electron chi connectivity index (χ0n) is 18.2. The highest BCUT2D eigenvalue weighted by atomic mass is 35.5. The smallest absolute Gasteiger partial charge is 0.269 e. The largest absolute Gasteiger partial charge is 0.497 e. The van der Waals surface area contributed by atoms with Crippen LogP contribution in [0.5, 0.6) is 5.75 Å². The van der Waals surface area contributed by atoms with Gasteiger partial charge in [-0.05, 0) is 48.5 Å². The molecule has 0 fully saturated rings. The van der Waals surface area contributed by atoms with Crippen molar-refractivity contribution in [1.29, 1.82) is 0 Å². The Bertz CT molecular complexity index is 1580. The van der Waals surface area contributed by atoms with Gasteiger partial charge in [-0.3, -0.25) is 14.5 Å². The van der Waals surface area contributed by atoms with Crippen LogP contribution >= 0.6 is 23.2 Å². The number of aromatic nitrogens is 2. The van der Waals surface area contributed by atoms with Crippen LogP contribution in [-0.4, -0.2) is 47.7 Å². The summed E-state index contributed by atoms with van der Waals surface area (Å²) in [7, 11) is -2.64. The first kappa shape index (κ1) is 23.3. The summed E-state index contributed by atoms with van der Waals surface area (Å²) in [6.07, 6.45) is -0.00916. The van der Waals surface area contributed by atoms with Gasteiger partial charge in [0.25, 0.3) is 21.8 Å². The molecular weight excluding hydrogens is 513 g/mol. The number of imidazole rings is 1. The maximum atomic E-state index is 13.7. The molecule has 0 saturated heterocycles. The summed E-state index contributed by atoms with van der Waals surface area (Å²) >= 11 is 12.3. The van der Waals surface area contributed by atoms with E-state index in [4.69, 9.17) is 27.9 Å². The monoisotopic (exact) mass is 529 g/mol. The van der Waals surface area contributed by atoms with Gasteiger partial charge in [0.15, 0.2) is 0 Å². The highest BCUT2D eigenvalue weighted by Crippen LogP contribution is 2.32. The summed E-state index contributed by atoms with van der Waals surface area (Å²) in [4.78, 5) is 31.1. The maximum absolute atomic E-state index is 13.7. The fourth-order valence-electron chi connectivity index (χ4n) is 4.03. The van der Waals surface area contributed by atoms with Gasteiger partial charge < -0.3 is 4.74 Å². The molecule has 0 bridgehead atoms. The third-order valence-corrected chi connectivity index (χ3v) is 8.23. The third-order valence-electron chi connectivity index (χ3n) is 5.76. The molecule has 0 saturated carbocycles. The second-order valence-electron chi connectivity index (χ2n) is 7.79. The van der Waals surface area contributed by atoms with Crippen molar-refractivity contribution in [1.82, 2.24) is 13.9 Å². The van der Waals surface area contributed by atoms with Crippen LogP contribution in [0, 0.1) is 0 Å². The summed E-state index contributed by atoms with van der Waals surface area (Å²) in [5, 5.41) is 0.384. The molecule has 11 heteroatoms. The van der Waals surface area contributed by atoms with Gasteiger partial charge in [-0.1, -0.05) is 35.3 Å². The van der Waals surface area contributed by atoms with Crippen LogP contribution in [0.25, 0.3) is 11.0 Å². The van der Waals surface area contributed by atoms with E-state index in [0.717, 1.165) is 8.87 Å². The first-order valence-electron chi connectivity index (χ1n) is 10.4. The van der Waals surface area contributed by atoms with Crippen molar-refractivity contribution in [2.24, 2.45) is 0 Å². The molecule has 2 heterocycles. The molecule has 0 unspecified atom stereocenters. The molecule has 0 radical (unpaired) electrons. The second kappa shape index (κ2) is 8.67. The molecule has 5 rings (SSSR count). The highest BCUT2D eigenvalue weighted by molar-refractivity contribution is 7.90. The van der Waals surface area contributed by atoms with Crippen LogP contribution in [-0.2, 0) is 16.4 Å². The van der Waals surface area contributed by atoms with Crippen LogP contribution in [0.3, 0.4) is 0 Å². The normalized spacial score (nSPS) is 13.5. The molecule has 1 aliphatic heterocycles. The zero-order valence-corrected chi connectivity index (χ0v) is 20.6. The Hall–Kier alpha value is -3.40. The number of nitrogens with zero attached hydrogens (tertiary/aromatic N) is 3. The Morgan fingerprint density at radius 1 is 0.914 bits per heavy atom. The van der Waals surface area contributed by atoms with Crippen LogP contribution in [0.1, 0.15) is 26.5 Å². The zero-order chi connectivity index (χ0) is 24.9. The van der Waals surface area contributed by atoms with E-state index in [1.807, 2.05) is 0 Å². The molecule has 1 aromatic heterocycles. The minimum atomic E-state index is -4.13. The summed E-state index contributed by atoms with van der Waals surface area (Å²) < 4.78 is 33.6. The minimum Gasteiger partial charge on any atom is -0.497 e. The van der Waals surface area contributed by atoms with Crippen LogP contribution in [0.2, 0.25) is 10.0 Å². The standard InChI is InChI=1S/C24H17Cl2N3O5S/c1-34-14-6-8-15(9-7-14)35(32,33)29-21-13-19(26)18(25)12-20(21)27-22(29)10-11-28-23(30)16-4-2-3-5-17(16)24(28)31/h2-9,12-13H,10-11H2,1H3. The number of imide groups is 1. The Labute approximate surface area is 210 Å². The lowest BCUT2D eigenvalue weighted by atomic mass is 10.1. The predicted molar refractivity (Wildman–Crippen MR) is 131 cm³/mol. The molecule has 35 heavy (non-hydrogen) atoms. The van der Waals surface area contributed by atoms with E-state index in [2.05, 4.69) is 4.98 Å². The van der Waals surface area contributed by atoms with Gasteiger partial charge >= 0.3 is 0 Å². The van der Waals surface area contributed by atoms with Crippen LogP contribution in [0.4, 0.5) is 0 Å². The minimum absolute atomic E-state index is 0.00523. The number of hydrogen-bond acceptors (Lipinski definition) is 6. The molecule has 8 nitrogen and oxygen atoms in total.